The van der Waals surface area contributed by atoms with Crippen LogP contribution in [0.4, 0.5) is 11.4 Å². The van der Waals surface area contributed by atoms with Gasteiger partial charge in [0.2, 0.25) is 11.2 Å². The number of hydrogen-bond donors (Lipinski definition) is 2. The van der Waals surface area contributed by atoms with Gasteiger partial charge in [-0.3, -0.25) is 14.4 Å². The highest BCUT2D eigenvalue weighted by Crippen LogP contribution is 2.31. The monoisotopic (exact) mass is 478 g/mol. The molecule has 0 fully saturated rings. The second-order valence-electron chi connectivity index (χ2n) is 8.39. The zero-order valence-electron chi connectivity index (χ0n) is 19.6. The first-order chi connectivity index (χ1) is 17.4. The Morgan fingerprint density at radius 2 is 1.58 bits per heavy atom. The second-order valence-corrected chi connectivity index (χ2v) is 8.39. The number of fused-ring (bicyclic) bond motifs is 1. The molecule has 0 aliphatic heterocycles. The van der Waals surface area contributed by atoms with Crippen molar-refractivity contribution >= 4 is 34.2 Å². The summed E-state index contributed by atoms with van der Waals surface area (Å²) in [5, 5.41) is 10.3. The lowest BCUT2D eigenvalue weighted by atomic mass is 10.2. The van der Waals surface area contributed by atoms with E-state index in [9.17, 15) is 14.4 Å². The Morgan fingerprint density at radius 1 is 0.833 bits per heavy atom. The zero-order valence-corrected chi connectivity index (χ0v) is 19.6. The van der Waals surface area contributed by atoms with Crippen LogP contribution < -0.4 is 16.1 Å². The maximum atomic E-state index is 13.2. The van der Waals surface area contributed by atoms with Crippen LogP contribution in [0.2, 0.25) is 0 Å². The fraction of sp³-hybridized carbons (Fsp3) is 0.0714. The average Bonchev–Trinajstić information content (AvgIpc) is 3.23. The minimum atomic E-state index is -0.752. The van der Waals surface area contributed by atoms with Crippen LogP contribution in [0.25, 0.3) is 16.7 Å². The van der Waals surface area contributed by atoms with Crippen LogP contribution in [0.1, 0.15) is 32.2 Å². The van der Waals surface area contributed by atoms with Crippen LogP contribution in [0.5, 0.6) is 0 Å². The number of furan rings is 1. The first-order valence-electron chi connectivity index (χ1n) is 11.3. The van der Waals surface area contributed by atoms with E-state index in [0.717, 1.165) is 11.1 Å². The molecule has 2 heterocycles. The molecule has 36 heavy (non-hydrogen) atoms. The number of anilines is 2. The number of aryl methyl sites for hydroxylation is 2. The number of benzene rings is 3. The van der Waals surface area contributed by atoms with Gasteiger partial charge in [-0.2, -0.15) is 5.10 Å². The van der Waals surface area contributed by atoms with Gasteiger partial charge in [-0.1, -0.05) is 36.4 Å². The summed E-state index contributed by atoms with van der Waals surface area (Å²) in [5.41, 5.74) is 3.00. The molecule has 8 nitrogen and oxygen atoms in total. The molecule has 2 amide bonds. The number of rotatable bonds is 5. The molecule has 0 aliphatic carbocycles. The van der Waals surface area contributed by atoms with Gasteiger partial charge in [-0.15, -0.1) is 0 Å². The third-order valence-electron chi connectivity index (χ3n) is 5.61. The van der Waals surface area contributed by atoms with Gasteiger partial charge in [0.1, 0.15) is 11.3 Å². The molecule has 0 bridgehead atoms. The Morgan fingerprint density at radius 3 is 2.36 bits per heavy atom. The molecule has 0 unspecified atom stereocenters. The van der Waals surface area contributed by atoms with Gasteiger partial charge in [-0.05, 0) is 61.4 Å². The van der Waals surface area contributed by atoms with Crippen LogP contribution in [0.15, 0.2) is 94.3 Å². The first kappa shape index (κ1) is 22.8. The quantitative estimate of drug-likeness (QED) is 0.366. The molecule has 5 aromatic rings. The van der Waals surface area contributed by atoms with E-state index in [4.69, 9.17) is 4.42 Å². The molecule has 0 saturated carbocycles. The average molecular weight is 479 g/mol. The lowest BCUT2D eigenvalue weighted by Gasteiger charge is -2.09. The molecule has 0 radical (unpaired) electrons. The highest BCUT2D eigenvalue weighted by Gasteiger charge is 2.24. The van der Waals surface area contributed by atoms with Crippen LogP contribution in [0, 0.1) is 13.8 Å². The van der Waals surface area contributed by atoms with E-state index in [0.29, 0.717) is 22.3 Å². The maximum absolute atomic E-state index is 13.2. The predicted molar refractivity (Wildman–Crippen MR) is 138 cm³/mol. The summed E-state index contributed by atoms with van der Waals surface area (Å²) in [4.78, 5) is 38.9. The van der Waals surface area contributed by atoms with Crippen molar-refractivity contribution in [2.75, 3.05) is 10.6 Å². The molecule has 0 spiro atoms. The van der Waals surface area contributed by atoms with E-state index >= 15 is 0 Å². The summed E-state index contributed by atoms with van der Waals surface area (Å²) in [6, 6.07) is 23.1. The van der Waals surface area contributed by atoms with Crippen molar-refractivity contribution in [2.24, 2.45) is 0 Å². The lowest BCUT2D eigenvalue weighted by molar-refractivity contribution is 0.0999. The molecule has 0 aliphatic rings. The summed E-state index contributed by atoms with van der Waals surface area (Å²) >= 11 is 0. The third-order valence-corrected chi connectivity index (χ3v) is 5.61. The van der Waals surface area contributed by atoms with Crippen molar-refractivity contribution in [3.8, 4) is 5.69 Å². The molecule has 178 valence electrons. The largest absolute Gasteiger partial charge is 0.449 e. The van der Waals surface area contributed by atoms with E-state index in [1.807, 2.05) is 56.3 Å². The molecule has 5 rings (SSSR count). The summed E-state index contributed by atoms with van der Waals surface area (Å²) in [7, 11) is 0. The van der Waals surface area contributed by atoms with Crippen LogP contribution in [-0.4, -0.2) is 21.6 Å². The normalized spacial score (nSPS) is 10.8. The van der Waals surface area contributed by atoms with Gasteiger partial charge in [0, 0.05) is 23.3 Å². The summed E-state index contributed by atoms with van der Waals surface area (Å²) < 4.78 is 7.27. The van der Waals surface area contributed by atoms with Crippen LogP contribution in [-0.2, 0) is 0 Å². The topological polar surface area (TPSA) is 106 Å². The van der Waals surface area contributed by atoms with Crippen molar-refractivity contribution < 1.29 is 14.0 Å². The molecule has 2 aromatic heterocycles. The van der Waals surface area contributed by atoms with Crippen molar-refractivity contribution in [3.63, 3.8) is 0 Å². The minimum Gasteiger partial charge on any atom is -0.449 e. The molecule has 0 atom stereocenters. The maximum Gasteiger partial charge on any atom is 0.293 e. The van der Waals surface area contributed by atoms with Gasteiger partial charge in [0.15, 0.2) is 5.69 Å². The molecular formula is C28H22N4O4. The van der Waals surface area contributed by atoms with Gasteiger partial charge >= 0.3 is 0 Å². The summed E-state index contributed by atoms with van der Waals surface area (Å²) in [6.45, 7) is 3.85. The van der Waals surface area contributed by atoms with Crippen molar-refractivity contribution in [2.45, 2.75) is 13.8 Å². The molecule has 2 N–H and O–H groups in total. The first-order valence-corrected chi connectivity index (χ1v) is 11.3. The van der Waals surface area contributed by atoms with Gasteiger partial charge in [0.05, 0.1) is 5.69 Å². The number of para-hydroxylation sites is 1. The molecular weight excluding hydrogens is 456 g/mol. The van der Waals surface area contributed by atoms with E-state index in [-0.39, 0.29) is 17.1 Å². The number of hydrogen-bond acceptors (Lipinski definition) is 5. The number of aromatic nitrogens is 2. The summed E-state index contributed by atoms with van der Waals surface area (Å²) in [5.74, 6) is -1.37. The van der Waals surface area contributed by atoms with Crippen LogP contribution >= 0.6 is 0 Å². The van der Waals surface area contributed by atoms with Crippen molar-refractivity contribution in [1.29, 1.82) is 0 Å². The predicted octanol–water partition coefficient (Wildman–Crippen LogP) is 5.10. The molecule has 0 saturated heterocycles. The summed E-state index contributed by atoms with van der Waals surface area (Å²) in [6.07, 6.45) is 1.50. The fourth-order valence-electron chi connectivity index (χ4n) is 3.89. The van der Waals surface area contributed by atoms with Gasteiger partial charge in [-0.25, -0.2) is 4.68 Å². The second kappa shape index (κ2) is 9.34. The highest BCUT2D eigenvalue weighted by molar-refractivity contribution is 6.16. The Bertz CT molecular complexity index is 1680. The Hall–Kier alpha value is -4.98. The highest BCUT2D eigenvalue weighted by atomic mass is 16.3. The van der Waals surface area contributed by atoms with E-state index in [1.165, 1.54) is 16.9 Å². The number of amides is 2. The van der Waals surface area contributed by atoms with E-state index in [2.05, 4.69) is 15.7 Å². The number of carbonyl (C=O) groups is 2. The zero-order chi connectivity index (χ0) is 25.2. The van der Waals surface area contributed by atoms with E-state index in [1.54, 1.807) is 30.3 Å². The molecule has 3 aromatic carbocycles. The number of nitrogens with zero attached hydrogens (tertiary/aromatic N) is 2. The number of nitrogens with one attached hydrogen (secondary N) is 2. The minimum absolute atomic E-state index is 0.0824. The number of carbonyl (C=O) groups excluding carboxylic acids is 2. The smallest absolute Gasteiger partial charge is 0.293 e. The third kappa shape index (κ3) is 4.52. The van der Waals surface area contributed by atoms with Crippen molar-refractivity contribution in [3.05, 3.63) is 118 Å². The SMILES string of the molecule is Cc1cccc(NC(=O)c2oc3ccccc3c2NC(=O)c2nn(-c3cccc(C)c3)ccc2=O)c1. The van der Waals surface area contributed by atoms with Gasteiger partial charge < -0.3 is 15.1 Å². The Kier molecular flexibility index (Phi) is 5.92. The van der Waals surface area contributed by atoms with Crippen molar-refractivity contribution in [1.82, 2.24) is 9.78 Å². The lowest BCUT2D eigenvalue weighted by Crippen LogP contribution is -2.26. The van der Waals surface area contributed by atoms with Crippen LogP contribution in [0.3, 0.4) is 0 Å². The molecule has 8 heteroatoms. The standard InChI is InChI=1S/C28H22N4O4/c1-17-7-5-9-19(15-17)29-28(35)26-24(21-11-3-4-12-23(21)36-26)30-27(34)25-22(33)13-14-32(31-25)20-10-6-8-18(2)16-20/h3-16H,1-2H3,(H,29,35)(H,30,34). The van der Waals surface area contributed by atoms with Gasteiger partial charge in [0.25, 0.3) is 11.8 Å². The Balaban J connectivity index is 1.51. The van der Waals surface area contributed by atoms with E-state index < -0.39 is 17.2 Å². The fourth-order valence-corrected chi connectivity index (χ4v) is 3.89. The Labute approximate surface area is 206 Å².